The predicted molar refractivity (Wildman–Crippen MR) is 92.6 cm³/mol. The lowest BCUT2D eigenvalue weighted by Crippen LogP contribution is -2.45. The van der Waals surface area contributed by atoms with E-state index in [0.29, 0.717) is 18.3 Å². The van der Waals surface area contributed by atoms with Gasteiger partial charge in [0.05, 0.1) is 19.3 Å². The van der Waals surface area contributed by atoms with Crippen molar-refractivity contribution in [1.29, 1.82) is 0 Å². The summed E-state index contributed by atoms with van der Waals surface area (Å²) in [6.45, 7) is 0.792. The zero-order valence-electron chi connectivity index (χ0n) is 12.4. The van der Waals surface area contributed by atoms with Gasteiger partial charge in [0.25, 0.3) is 0 Å². The number of thiocarbonyl (C=S) groups is 1. The molecule has 6 heteroatoms. The third kappa shape index (κ3) is 2.79. The van der Waals surface area contributed by atoms with Crippen LogP contribution >= 0.6 is 12.2 Å². The smallest absolute Gasteiger partial charge is 0.171 e. The Balaban J connectivity index is 1.46. The molecule has 0 radical (unpaired) electrons. The van der Waals surface area contributed by atoms with Gasteiger partial charge in [-0.3, -0.25) is 0 Å². The molecule has 0 aliphatic carbocycles. The van der Waals surface area contributed by atoms with Crippen molar-refractivity contribution in [3.8, 4) is 0 Å². The fourth-order valence-corrected chi connectivity index (χ4v) is 3.53. The topological polar surface area (TPSA) is 62.8 Å². The summed E-state index contributed by atoms with van der Waals surface area (Å²) in [6, 6.07) is 14.2. The summed E-state index contributed by atoms with van der Waals surface area (Å²) in [6.07, 6.45) is -0.962. The number of fused-ring (bicyclic) bond motifs is 2. The summed E-state index contributed by atoms with van der Waals surface area (Å²) in [7, 11) is 0. The van der Waals surface area contributed by atoms with Crippen molar-refractivity contribution in [2.45, 2.75) is 24.4 Å². The van der Waals surface area contributed by atoms with Crippen LogP contribution in [-0.4, -0.2) is 47.8 Å². The Morgan fingerprint density at radius 3 is 2.74 bits per heavy atom. The largest absolute Gasteiger partial charge is 0.388 e. The van der Waals surface area contributed by atoms with Crippen LogP contribution in [-0.2, 0) is 9.47 Å². The van der Waals surface area contributed by atoms with Gasteiger partial charge in [0, 0.05) is 11.1 Å². The lowest BCUT2D eigenvalue weighted by Gasteiger charge is -2.20. The Bertz CT molecular complexity index is 733. The Morgan fingerprint density at radius 1 is 1.04 bits per heavy atom. The first kappa shape index (κ1) is 14.8. The molecule has 2 aliphatic rings. The highest BCUT2D eigenvalue weighted by Gasteiger charge is 2.47. The number of rotatable bonds is 2. The molecule has 2 aromatic rings. The van der Waals surface area contributed by atoms with E-state index in [4.69, 9.17) is 21.7 Å². The Hall–Kier alpha value is -1.73. The molecule has 0 amide bonds. The zero-order valence-corrected chi connectivity index (χ0v) is 13.3. The molecule has 0 aromatic heterocycles. The highest BCUT2D eigenvalue weighted by atomic mass is 32.1. The van der Waals surface area contributed by atoms with Crippen LogP contribution in [0.3, 0.4) is 0 Å². The number of ether oxygens (including phenoxy) is 2. The first-order chi connectivity index (χ1) is 11.2. The number of hydrogen-bond acceptors (Lipinski definition) is 4. The van der Waals surface area contributed by atoms with Crippen LogP contribution < -0.4 is 10.6 Å². The van der Waals surface area contributed by atoms with Gasteiger partial charge >= 0.3 is 0 Å². The van der Waals surface area contributed by atoms with E-state index in [0.717, 1.165) is 16.5 Å². The van der Waals surface area contributed by atoms with E-state index >= 15 is 0 Å². The minimum Gasteiger partial charge on any atom is -0.388 e. The van der Waals surface area contributed by atoms with Gasteiger partial charge < -0.3 is 25.2 Å². The van der Waals surface area contributed by atoms with Crippen molar-refractivity contribution >= 4 is 33.8 Å². The van der Waals surface area contributed by atoms with Gasteiger partial charge in [-0.05, 0) is 23.7 Å². The predicted octanol–water partition coefficient (Wildman–Crippen LogP) is 1.65. The summed E-state index contributed by atoms with van der Waals surface area (Å²) >= 11 is 5.43. The number of aliphatic hydroxyl groups excluding tert-OH is 1. The van der Waals surface area contributed by atoms with Crippen LogP contribution in [0.1, 0.15) is 0 Å². The van der Waals surface area contributed by atoms with Gasteiger partial charge in [-0.25, -0.2) is 0 Å². The molecule has 4 atom stereocenters. The molecule has 0 spiro atoms. The van der Waals surface area contributed by atoms with Crippen LogP contribution in [0.4, 0.5) is 5.69 Å². The maximum Gasteiger partial charge on any atom is 0.171 e. The van der Waals surface area contributed by atoms with Crippen LogP contribution in [0.5, 0.6) is 0 Å². The quantitative estimate of drug-likeness (QED) is 0.728. The Morgan fingerprint density at radius 2 is 1.83 bits per heavy atom. The van der Waals surface area contributed by atoms with Crippen LogP contribution in [0, 0.1) is 0 Å². The van der Waals surface area contributed by atoms with Crippen molar-refractivity contribution in [2.24, 2.45) is 0 Å². The highest BCUT2D eigenvalue weighted by Crippen LogP contribution is 2.27. The maximum atomic E-state index is 9.78. The molecule has 0 bridgehead atoms. The van der Waals surface area contributed by atoms with Gasteiger partial charge in [-0.1, -0.05) is 36.4 Å². The molecule has 0 saturated carbocycles. The molecule has 5 nitrogen and oxygen atoms in total. The number of aliphatic hydroxyl groups is 1. The zero-order chi connectivity index (χ0) is 15.8. The van der Waals surface area contributed by atoms with E-state index in [1.807, 2.05) is 24.3 Å². The van der Waals surface area contributed by atoms with Gasteiger partial charge in [-0.2, -0.15) is 0 Å². The van der Waals surface area contributed by atoms with Crippen molar-refractivity contribution < 1.29 is 14.6 Å². The molecule has 4 rings (SSSR count). The number of anilines is 1. The van der Waals surface area contributed by atoms with Crippen LogP contribution in [0.15, 0.2) is 42.5 Å². The molecule has 2 aliphatic heterocycles. The highest BCUT2D eigenvalue weighted by molar-refractivity contribution is 7.80. The fraction of sp³-hybridized carbons (Fsp3) is 0.353. The van der Waals surface area contributed by atoms with Crippen molar-refractivity contribution in [2.75, 3.05) is 18.5 Å². The lowest BCUT2D eigenvalue weighted by molar-refractivity contribution is 0.0180. The molecule has 2 heterocycles. The number of nitrogens with one attached hydrogen (secondary N) is 2. The fourth-order valence-electron chi connectivity index (χ4n) is 3.26. The average Bonchev–Trinajstić information content (AvgIpc) is 3.12. The Labute approximate surface area is 139 Å². The van der Waals surface area contributed by atoms with E-state index in [1.165, 1.54) is 0 Å². The second-order valence-corrected chi connectivity index (χ2v) is 6.30. The molecule has 2 saturated heterocycles. The first-order valence-corrected chi connectivity index (χ1v) is 8.10. The number of benzene rings is 2. The van der Waals surface area contributed by atoms with E-state index in [2.05, 4.69) is 28.8 Å². The van der Waals surface area contributed by atoms with E-state index in [-0.39, 0.29) is 18.2 Å². The molecule has 2 aromatic carbocycles. The summed E-state index contributed by atoms with van der Waals surface area (Å²) in [5.74, 6) is 0. The van der Waals surface area contributed by atoms with Gasteiger partial charge in [0.2, 0.25) is 0 Å². The minimum atomic E-state index is -0.550. The average molecular weight is 330 g/mol. The van der Waals surface area contributed by atoms with Gasteiger partial charge in [0.15, 0.2) is 5.11 Å². The van der Waals surface area contributed by atoms with Crippen molar-refractivity contribution in [1.82, 2.24) is 5.32 Å². The van der Waals surface area contributed by atoms with E-state index < -0.39 is 6.10 Å². The molecular weight excluding hydrogens is 312 g/mol. The molecule has 2 fully saturated rings. The standard InChI is InChI=1S/C17H18N2O3S/c20-14-9-22-15-13(8-21-16(14)15)19-17(23)18-12-7-3-5-10-4-1-2-6-11(10)12/h1-7,13-16,20H,8-9H2,(H2,18,19,23)/t13-,14+,15+,16+/m0/s1. The monoisotopic (exact) mass is 330 g/mol. The van der Waals surface area contributed by atoms with Gasteiger partial charge in [0.1, 0.15) is 18.3 Å². The number of hydrogen-bond donors (Lipinski definition) is 3. The second kappa shape index (κ2) is 6.05. The van der Waals surface area contributed by atoms with E-state index in [1.54, 1.807) is 0 Å². The first-order valence-electron chi connectivity index (χ1n) is 7.69. The molecule has 23 heavy (non-hydrogen) atoms. The third-order valence-electron chi connectivity index (χ3n) is 4.38. The summed E-state index contributed by atoms with van der Waals surface area (Å²) in [5, 5.41) is 19.1. The third-order valence-corrected chi connectivity index (χ3v) is 4.60. The Kier molecular flexibility index (Phi) is 3.90. The summed E-state index contributed by atoms with van der Waals surface area (Å²) in [4.78, 5) is 0. The van der Waals surface area contributed by atoms with Crippen molar-refractivity contribution in [3.63, 3.8) is 0 Å². The normalized spacial score (nSPS) is 29.4. The summed E-state index contributed by atoms with van der Waals surface area (Å²) < 4.78 is 11.2. The van der Waals surface area contributed by atoms with Gasteiger partial charge in [-0.15, -0.1) is 0 Å². The van der Waals surface area contributed by atoms with Crippen LogP contribution in [0.25, 0.3) is 10.8 Å². The maximum absolute atomic E-state index is 9.78. The minimum absolute atomic E-state index is 0.0490. The van der Waals surface area contributed by atoms with Crippen LogP contribution in [0.2, 0.25) is 0 Å². The summed E-state index contributed by atoms with van der Waals surface area (Å²) in [5.41, 5.74) is 0.962. The molecule has 3 N–H and O–H groups in total. The van der Waals surface area contributed by atoms with E-state index in [9.17, 15) is 5.11 Å². The molecule has 120 valence electrons. The second-order valence-electron chi connectivity index (χ2n) is 5.89. The lowest BCUT2D eigenvalue weighted by atomic mass is 10.1. The molecular formula is C17H18N2O3S. The van der Waals surface area contributed by atoms with Crippen molar-refractivity contribution in [3.05, 3.63) is 42.5 Å². The SMILES string of the molecule is O[C@@H]1CO[C@H]2[C@@H]1OC[C@@H]2NC(=S)Nc1cccc2ccccc12. The molecule has 0 unspecified atom stereocenters.